The molecule has 0 aromatic heterocycles. The summed E-state index contributed by atoms with van der Waals surface area (Å²) in [5.41, 5.74) is 1.45. The van der Waals surface area contributed by atoms with Gasteiger partial charge < -0.3 is 0 Å². The highest BCUT2D eigenvalue weighted by atomic mass is 14.5. The van der Waals surface area contributed by atoms with Crippen molar-refractivity contribution in [3.63, 3.8) is 0 Å². The molecule has 0 spiro atoms. The highest BCUT2D eigenvalue weighted by Crippen LogP contribution is 2.51. The predicted molar refractivity (Wildman–Crippen MR) is 161 cm³/mol. The van der Waals surface area contributed by atoms with Crippen LogP contribution in [0.1, 0.15) is 145 Å². The highest BCUT2D eigenvalue weighted by Gasteiger charge is 2.42. The lowest BCUT2D eigenvalue weighted by molar-refractivity contribution is 0.0149. The van der Waals surface area contributed by atoms with Crippen LogP contribution in [-0.2, 0) is 0 Å². The molecule has 210 valence electrons. The van der Waals surface area contributed by atoms with Crippen LogP contribution in [0.15, 0.2) is 12.2 Å². The molecule has 3 rings (SSSR count). The number of unbranched alkanes of at least 4 members (excludes halogenated alkanes) is 3. The Morgan fingerprint density at radius 2 is 1.33 bits per heavy atom. The molecule has 9 unspecified atom stereocenters. The van der Waals surface area contributed by atoms with Crippen molar-refractivity contribution < 1.29 is 0 Å². The minimum Gasteiger partial charge on any atom is -0.0999 e. The van der Waals surface area contributed by atoms with Gasteiger partial charge in [0.25, 0.3) is 0 Å². The summed E-state index contributed by atoms with van der Waals surface area (Å²) in [7, 11) is 0. The van der Waals surface area contributed by atoms with Crippen LogP contribution >= 0.6 is 0 Å². The van der Waals surface area contributed by atoms with Crippen molar-refractivity contribution in [2.24, 2.45) is 71.0 Å². The number of hydrogen-bond acceptors (Lipinski definition) is 0. The fourth-order valence-electron chi connectivity index (χ4n) is 10.1. The molecule has 0 aromatic carbocycles. The molecule has 0 bridgehead atoms. The van der Waals surface area contributed by atoms with E-state index in [0.717, 1.165) is 71.0 Å². The fraction of sp³-hybridized carbons (Fsp3) is 0.944. The number of allylic oxidation sites excluding steroid dienone is 1. The third-order valence-corrected chi connectivity index (χ3v) is 12.0. The van der Waals surface area contributed by atoms with Crippen molar-refractivity contribution >= 4 is 0 Å². The van der Waals surface area contributed by atoms with E-state index in [1.54, 1.807) is 0 Å². The lowest BCUT2D eigenvalue weighted by Crippen LogP contribution is -2.40. The molecule has 3 aliphatic rings. The van der Waals surface area contributed by atoms with E-state index >= 15 is 0 Å². The first-order chi connectivity index (χ1) is 17.1. The Kier molecular flexibility index (Phi) is 12.0. The van der Waals surface area contributed by atoms with Crippen LogP contribution in [-0.4, -0.2) is 0 Å². The van der Waals surface area contributed by atoms with Gasteiger partial charge in [-0.1, -0.05) is 112 Å². The van der Waals surface area contributed by atoms with Crippen molar-refractivity contribution in [1.82, 2.24) is 0 Å². The van der Waals surface area contributed by atoms with E-state index in [1.165, 1.54) is 95.5 Å². The molecule has 0 N–H and O–H groups in total. The van der Waals surface area contributed by atoms with Gasteiger partial charge in [0.15, 0.2) is 0 Å². The molecule has 0 heteroatoms. The van der Waals surface area contributed by atoms with E-state index in [9.17, 15) is 0 Å². The van der Waals surface area contributed by atoms with Gasteiger partial charge in [-0.05, 0) is 116 Å². The lowest BCUT2D eigenvalue weighted by Gasteiger charge is -2.48. The molecule has 0 saturated heterocycles. The third-order valence-electron chi connectivity index (χ3n) is 12.0. The summed E-state index contributed by atoms with van der Waals surface area (Å²) >= 11 is 0. The third kappa shape index (κ3) is 7.88. The van der Waals surface area contributed by atoms with Crippen LogP contribution in [0.25, 0.3) is 0 Å². The van der Waals surface area contributed by atoms with Crippen LogP contribution < -0.4 is 0 Å². The molecule has 0 amide bonds. The van der Waals surface area contributed by atoms with E-state index in [1.807, 2.05) is 0 Å². The second-order valence-electron chi connectivity index (χ2n) is 15.2. The molecule has 3 saturated carbocycles. The van der Waals surface area contributed by atoms with Gasteiger partial charge in [-0.2, -0.15) is 0 Å². The topological polar surface area (TPSA) is 0 Å². The van der Waals surface area contributed by atoms with Crippen LogP contribution in [0.2, 0.25) is 0 Å². The fourth-order valence-corrected chi connectivity index (χ4v) is 10.1. The molecular formula is C36H66. The van der Waals surface area contributed by atoms with Crippen molar-refractivity contribution in [2.75, 3.05) is 0 Å². The Morgan fingerprint density at radius 3 is 1.89 bits per heavy atom. The van der Waals surface area contributed by atoms with Crippen LogP contribution in [0, 0.1) is 71.0 Å². The molecule has 36 heavy (non-hydrogen) atoms. The number of rotatable bonds is 11. The van der Waals surface area contributed by atoms with Gasteiger partial charge in [-0.15, -0.1) is 0 Å². The largest absolute Gasteiger partial charge is 0.0999 e. The first kappa shape index (κ1) is 30.3. The Bertz CT molecular complexity index is 632. The average molecular weight is 499 g/mol. The summed E-state index contributed by atoms with van der Waals surface area (Å²) < 4.78 is 0. The van der Waals surface area contributed by atoms with Crippen molar-refractivity contribution in [1.29, 1.82) is 0 Å². The first-order valence-electron chi connectivity index (χ1n) is 16.8. The first-order valence-corrected chi connectivity index (χ1v) is 16.8. The monoisotopic (exact) mass is 499 g/mol. The summed E-state index contributed by atoms with van der Waals surface area (Å²) in [5.74, 6) is 11.1. The Balaban J connectivity index is 1.48. The van der Waals surface area contributed by atoms with Crippen LogP contribution in [0.4, 0.5) is 0 Å². The predicted octanol–water partition coefficient (Wildman–Crippen LogP) is 11.6. The molecule has 3 fully saturated rings. The smallest absolute Gasteiger partial charge is 0.0178 e. The maximum Gasteiger partial charge on any atom is -0.0178 e. The molecule has 0 aliphatic heterocycles. The highest BCUT2D eigenvalue weighted by molar-refractivity contribution is 5.03. The summed E-state index contributed by atoms with van der Waals surface area (Å²) in [6.45, 7) is 24.4. The van der Waals surface area contributed by atoms with E-state index in [4.69, 9.17) is 0 Å². The minimum absolute atomic E-state index is 0.757. The summed E-state index contributed by atoms with van der Waals surface area (Å²) in [4.78, 5) is 0. The van der Waals surface area contributed by atoms with Crippen molar-refractivity contribution in [3.8, 4) is 0 Å². The summed E-state index contributed by atoms with van der Waals surface area (Å²) in [6, 6.07) is 0. The van der Waals surface area contributed by atoms with Crippen LogP contribution in [0.3, 0.4) is 0 Å². The van der Waals surface area contributed by atoms with E-state index < -0.39 is 0 Å². The Hall–Kier alpha value is -0.260. The van der Waals surface area contributed by atoms with Gasteiger partial charge >= 0.3 is 0 Å². The van der Waals surface area contributed by atoms with Gasteiger partial charge in [0.05, 0.1) is 0 Å². The van der Waals surface area contributed by atoms with Crippen LogP contribution in [0.5, 0.6) is 0 Å². The summed E-state index contributed by atoms with van der Waals surface area (Å²) in [5, 5.41) is 0. The molecular weight excluding hydrogens is 432 g/mol. The summed E-state index contributed by atoms with van der Waals surface area (Å²) in [6.07, 6.45) is 20.8. The number of hydrogen-bond donors (Lipinski definition) is 0. The zero-order valence-electron chi connectivity index (χ0n) is 26.0. The second kappa shape index (κ2) is 14.2. The lowest BCUT2D eigenvalue weighted by atomic mass is 9.57. The standard InChI is InChI=1S/C36H66/c1-10-11-12-13-14-30-17-18-33(26(6)19-30)36-27(7)20-31(21-28(36)8)15-16-32-22-34(24(2)3)29(9)35(23-32)25(4)5/h25-36H,2,10-23H2,1,3-9H3. The molecule has 0 nitrogen and oxygen atoms in total. The minimum atomic E-state index is 0.757. The van der Waals surface area contributed by atoms with Crippen molar-refractivity contribution in [2.45, 2.75) is 145 Å². The Morgan fingerprint density at radius 1 is 0.722 bits per heavy atom. The van der Waals surface area contributed by atoms with Gasteiger partial charge in [0, 0.05) is 0 Å². The zero-order chi connectivity index (χ0) is 26.4. The van der Waals surface area contributed by atoms with Gasteiger partial charge in [-0.25, -0.2) is 0 Å². The molecule has 0 aromatic rings. The average Bonchev–Trinajstić information content (AvgIpc) is 2.81. The normalized spacial score (nSPS) is 42.0. The van der Waals surface area contributed by atoms with Crippen molar-refractivity contribution in [3.05, 3.63) is 12.2 Å². The molecule has 0 heterocycles. The Labute approximate surface area is 228 Å². The molecule has 3 aliphatic carbocycles. The second-order valence-corrected chi connectivity index (χ2v) is 15.2. The maximum atomic E-state index is 4.41. The maximum absolute atomic E-state index is 4.41. The van der Waals surface area contributed by atoms with Gasteiger partial charge in [0.2, 0.25) is 0 Å². The van der Waals surface area contributed by atoms with Gasteiger partial charge in [-0.3, -0.25) is 0 Å². The molecule has 9 atom stereocenters. The van der Waals surface area contributed by atoms with E-state index in [-0.39, 0.29) is 0 Å². The van der Waals surface area contributed by atoms with Gasteiger partial charge in [0.1, 0.15) is 0 Å². The zero-order valence-corrected chi connectivity index (χ0v) is 26.0. The quantitative estimate of drug-likeness (QED) is 0.196. The van der Waals surface area contributed by atoms with E-state index in [2.05, 4.69) is 62.0 Å². The van der Waals surface area contributed by atoms with E-state index in [0.29, 0.717) is 0 Å². The molecule has 0 radical (unpaired) electrons. The SMILES string of the molecule is C=C(C)C1CC(CCC2CC(C)C(C3CCC(CCCCCC)CC3C)C(C)C2)CC(C(C)C)C1C.